The third-order valence-corrected chi connectivity index (χ3v) is 1.54. The molecule has 0 aliphatic carbocycles. The third-order valence-electron chi connectivity index (χ3n) is 1.54. The molecule has 4 nitrogen and oxygen atoms in total. The summed E-state index contributed by atoms with van der Waals surface area (Å²) in [7, 11) is 2.09. The summed E-state index contributed by atoms with van der Waals surface area (Å²) in [4.78, 5) is 4.96. The quantitative estimate of drug-likeness (QED) is 0.261. The van der Waals surface area contributed by atoms with Crippen LogP contribution in [0.25, 0.3) is 10.4 Å². The Morgan fingerprint density at radius 2 is 2.17 bits per heavy atom. The molecule has 0 radical (unpaired) electrons. The van der Waals surface area contributed by atoms with Crippen molar-refractivity contribution in [2.75, 3.05) is 26.7 Å². The van der Waals surface area contributed by atoms with Crippen LogP contribution in [-0.4, -0.2) is 31.6 Å². The summed E-state index contributed by atoms with van der Waals surface area (Å²) in [6, 6.07) is 0. The van der Waals surface area contributed by atoms with E-state index in [1.165, 1.54) is 0 Å². The SMILES string of the molecule is CC(C)CN(C)CCCN=[N+]=[N-]. The molecule has 0 N–H and O–H groups in total. The molecule has 0 heterocycles. The predicted molar refractivity (Wildman–Crippen MR) is 51.0 cm³/mol. The summed E-state index contributed by atoms with van der Waals surface area (Å²) in [5.41, 5.74) is 8.02. The van der Waals surface area contributed by atoms with Gasteiger partial charge in [0, 0.05) is 18.0 Å². The van der Waals surface area contributed by atoms with Gasteiger partial charge in [-0.15, -0.1) is 0 Å². The van der Waals surface area contributed by atoms with Crippen LogP contribution >= 0.6 is 0 Å². The average Bonchev–Trinajstić information content (AvgIpc) is 1.97. The molecule has 0 atom stereocenters. The molecule has 0 fully saturated rings. The van der Waals surface area contributed by atoms with Gasteiger partial charge in [-0.25, -0.2) is 0 Å². The molecule has 70 valence electrons. The van der Waals surface area contributed by atoms with Crippen LogP contribution in [0.15, 0.2) is 5.11 Å². The van der Waals surface area contributed by atoms with E-state index in [1.807, 2.05) is 0 Å². The summed E-state index contributed by atoms with van der Waals surface area (Å²) in [6.07, 6.45) is 0.952. The van der Waals surface area contributed by atoms with E-state index in [0.717, 1.165) is 19.5 Å². The molecule has 0 saturated carbocycles. The first-order valence-corrected chi connectivity index (χ1v) is 4.36. The molecule has 0 spiro atoms. The minimum atomic E-state index is 0.610. The Morgan fingerprint density at radius 3 is 2.67 bits per heavy atom. The largest absolute Gasteiger partial charge is 0.306 e. The van der Waals surface area contributed by atoms with Gasteiger partial charge in [-0.3, -0.25) is 0 Å². The summed E-state index contributed by atoms with van der Waals surface area (Å²) >= 11 is 0. The smallest absolute Gasteiger partial charge is 0.0270 e. The van der Waals surface area contributed by atoms with Crippen LogP contribution in [0.1, 0.15) is 20.3 Å². The second kappa shape index (κ2) is 6.95. The topological polar surface area (TPSA) is 52.0 Å². The van der Waals surface area contributed by atoms with Gasteiger partial charge in [0.25, 0.3) is 0 Å². The van der Waals surface area contributed by atoms with Crippen LogP contribution in [0.2, 0.25) is 0 Å². The Kier molecular flexibility index (Phi) is 6.53. The highest BCUT2D eigenvalue weighted by molar-refractivity contribution is 4.56. The van der Waals surface area contributed by atoms with Gasteiger partial charge in [0.1, 0.15) is 0 Å². The number of azide groups is 1. The highest BCUT2D eigenvalue weighted by Gasteiger charge is 1.99. The van der Waals surface area contributed by atoms with Gasteiger partial charge in [0.05, 0.1) is 0 Å². The molecule has 0 aliphatic rings. The molecule has 0 rings (SSSR count). The molecule has 12 heavy (non-hydrogen) atoms. The zero-order valence-electron chi connectivity index (χ0n) is 8.19. The minimum Gasteiger partial charge on any atom is -0.306 e. The first kappa shape index (κ1) is 11.3. The lowest BCUT2D eigenvalue weighted by Gasteiger charge is -2.17. The van der Waals surface area contributed by atoms with E-state index < -0.39 is 0 Å². The van der Waals surface area contributed by atoms with E-state index in [4.69, 9.17) is 5.53 Å². The number of hydrogen-bond acceptors (Lipinski definition) is 2. The zero-order valence-corrected chi connectivity index (χ0v) is 8.19. The summed E-state index contributed by atoms with van der Waals surface area (Å²) in [6.45, 7) is 7.13. The lowest BCUT2D eigenvalue weighted by Crippen LogP contribution is -2.24. The monoisotopic (exact) mass is 170 g/mol. The molecule has 0 unspecified atom stereocenters. The van der Waals surface area contributed by atoms with Crippen LogP contribution in [0, 0.1) is 5.92 Å². The van der Waals surface area contributed by atoms with Crippen LogP contribution < -0.4 is 0 Å². The summed E-state index contributed by atoms with van der Waals surface area (Å²) < 4.78 is 0. The zero-order chi connectivity index (χ0) is 9.40. The second-order valence-corrected chi connectivity index (χ2v) is 3.46. The maximum atomic E-state index is 8.02. The van der Waals surface area contributed by atoms with E-state index in [0.29, 0.717) is 12.5 Å². The van der Waals surface area contributed by atoms with Crippen LogP contribution in [0.4, 0.5) is 0 Å². The highest BCUT2D eigenvalue weighted by atomic mass is 15.1. The fourth-order valence-corrected chi connectivity index (χ4v) is 1.17. The molecule has 0 saturated heterocycles. The molecule has 0 aliphatic heterocycles. The standard InChI is InChI=1S/C8H18N4/c1-8(2)7-12(3)6-4-5-10-11-9/h8H,4-7H2,1-3H3. The van der Waals surface area contributed by atoms with Gasteiger partial charge in [-0.05, 0) is 31.5 Å². The summed E-state index contributed by atoms with van der Waals surface area (Å²) in [5.74, 6) is 0.703. The number of nitrogens with zero attached hydrogens (tertiary/aromatic N) is 4. The lowest BCUT2D eigenvalue weighted by molar-refractivity contribution is 0.294. The molecule has 0 amide bonds. The van der Waals surface area contributed by atoms with E-state index in [2.05, 4.69) is 35.8 Å². The van der Waals surface area contributed by atoms with Gasteiger partial charge < -0.3 is 4.90 Å². The van der Waals surface area contributed by atoms with Crippen molar-refractivity contribution in [3.63, 3.8) is 0 Å². The fourth-order valence-electron chi connectivity index (χ4n) is 1.17. The van der Waals surface area contributed by atoms with E-state index in [1.54, 1.807) is 0 Å². The first-order chi connectivity index (χ1) is 5.66. The van der Waals surface area contributed by atoms with Crippen molar-refractivity contribution in [3.8, 4) is 0 Å². The molecule has 0 aromatic heterocycles. The Bertz CT molecular complexity index is 149. The maximum absolute atomic E-state index is 8.02. The lowest BCUT2D eigenvalue weighted by atomic mass is 10.2. The molecule has 0 aromatic carbocycles. The van der Waals surface area contributed by atoms with Crippen molar-refractivity contribution in [2.45, 2.75) is 20.3 Å². The van der Waals surface area contributed by atoms with Crippen molar-refractivity contribution < 1.29 is 0 Å². The van der Waals surface area contributed by atoms with Gasteiger partial charge in [0.15, 0.2) is 0 Å². The first-order valence-electron chi connectivity index (χ1n) is 4.36. The Morgan fingerprint density at radius 1 is 1.50 bits per heavy atom. The van der Waals surface area contributed by atoms with Crippen LogP contribution in [-0.2, 0) is 0 Å². The van der Waals surface area contributed by atoms with Gasteiger partial charge in [-0.1, -0.05) is 19.0 Å². The Labute approximate surface area is 74.2 Å². The van der Waals surface area contributed by atoms with Crippen LogP contribution in [0.3, 0.4) is 0 Å². The molecular formula is C8H18N4. The average molecular weight is 170 g/mol. The number of rotatable bonds is 6. The Balaban J connectivity index is 3.30. The van der Waals surface area contributed by atoms with E-state index >= 15 is 0 Å². The normalized spacial score (nSPS) is 10.4. The molecule has 0 aromatic rings. The Hall–Kier alpha value is -0.730. The highest BCUT2D eigenvalue weighted by Crippen LogP contribution is 1.96. The van der Waals surface area contributed by atoms with E-state index in [-0.39, 0.29) is 0 Å². The fraction of sp³-hybridized carbons (Fsp3) is 1.00. The van der Waals surface area contributed by atoms with Crippen molar-refractivity contribution in [1.29, 1.82) is 0 Å². The third kappa shape index (κ3) is 7.38. The molecule has 4 heteroatoms. The second-order valence-electron chi connectivity index (χ2n) is 3.46. The van der Waals surface area contributed by atoms with Gasteiger partial charge in [0.2, 0.25) is 0 Å². The number of hydrogen-bond donors (Lipinski definition) is 0. The maximum Gasteiger partial charge on any atom is 0.0270 e. The minimum absolute atomic E-state index is 0.610. The van der Waals surface area contributed by atoms with Crippen molar-refractivity contribution in [2.24, 2.45) is 11.0 Å². The van der Waals surface area contributed by atoms with Crippen molar-refractivity contribution in [3.05, 3.63) is 10.4 Å². The molecular weight excluding hydrogens is 152 g/mol. The molecule has 0 bridgehead atoms. The van der Waals surface area contributed by atoms with Crippen molar-refractivity contribution >= 4 is 0 Å². The van der Waals surface area contributed by atoms with Gasteiger partial charge >= 0.3 is 0 Å². The summed E-state index contributed by atoms with van der Waals surface area (Å²) in [5, 5.41) is 3.48. The van der Waals surface area contributed by atoms with Crippen molar-refractivity contribution in [1.82, 2.24) is 4.90 Å². The van der Waals surface area contributed by atoms with Gasteiger partial charge in [-0.2, -0.15) is 0 Å². The van der Waals surface area contributed by atoms with Crippen LogP contribution in [0.5, 0.6) is 0 Å². The van der Waals surface area contributed by atoms with E-state index in [9.17, 15) is 0 Å². The predicted octanol–water partition coefficient (Wildman–Crippen LogP) is 2.27.